The molecule has 2 amide bonds. The summed E-state index contributed by atoms with van der Waals surface area (Å²) in [4.78, 5) is 27.9. The molecular formula is C23H42N2O4. The topological polar surface area (TPSA) is 59.1 Å². The molecule has 0 aliphatic heterocycles. The third kappa shape index (κ3) is 12.2. The summed E-state index contributed by atoms with van der Waals surface area (Å²) in [6, 6.07) is 0. The summed E-state index contributed by atoms with van der Waals surface area (Å²) in [6.45, 7) is 24.7. The summed E-state index contributed by atoms with van der Waals surface area (Å²) in [5.74, 6) is 0.376. The van der Waals surface area contributed by atoms with Crippen molar-refractivity contribution in [2.75, 3.05) is 39.4 Å². The molecule has 0 fully saturated rings. The van der Waals surface area contributed by atoms with E-state index in [1.165, 1.54) is 0 Å². The van der Waals surface area contributed by atoms with Gasteiger partial charge in [-0.25, -0.2) is 9.59 Å². The van der Waals surface area contributed by atoms with Gasteiger partial charge in [-0.2, -0.15) is 0 Å². The molecule has 0 heterocycles. The third-order valence-electron chi connectivity index (χ3n) is 4.39. The highest BCUT2D eigenvalue weighted by Gasteiger charge is 2.28. The molecule has 0 aliphatic rings. The van der Waals surface area contributed by atoms with Crippen LogP contribution < -0.4 is 0 Å². The van der Waals surface area contributed by atoms with E-state index in [4.69, 9.17) is 9.47 Å². The molecule has 0 saturated heterocycles. The Balaban J connectivity index is 4.88. The van der Waals surface area contributed by atoms with Crippen LogP contribution in [0.25, 0.3) is 0 Å². The smallest absolute Gasteiger partial charge is 0.410 e. The summed E-state index contributed by atoms with van der Waals surface area (Å²) in [5, 5.41) is 0. The van der Waals surface area contributed by atoms with Crippen LogP contribution in [0.15, 0.2) is 24.3 Å². The Bertz CT molecular complexity index is 557. The van der Waals surface area contributed by atoms with Crippen molar-refractivity contribution in [1.82, 2.24) is 9.80 Å². The molecular weight excluding hydrogens is 368 g/mol. The molecule has 0 aromatic carbocycles. The Hall–Kier alpha value is -1.98. The minimum absolute atomic E-state index is 0.0925. The molecule has 29 heavy (non-hydrogen) atoms. The average molecular weight is 411 g/mol. The SMILES string of the molecule is C=C(C)CN(CCC(C)CC(C)(C)CN(CC(=C)C)C(=O)OCC)C(=O)OCC. The first-order valence-electron chi connectivity index (χ1n) is 10.5. The Morgan fingerprint density at radius 1 is 0.931 bits per heavy atom. The number of rotatable bonds is 13. The highest BCUT2D eigenvalue weighted by Crippen LogP contribution is 2.29. The van der Waals surface area contributed by atoms with Crippen LogP contribution in [-0.4, -0.2) is 61.4 Å². The molecule has 168 valence electrons. The van der Waals surface area contributed by atoms with E-state index in [2.05, 4.69) is 33.9 Å². The Labute approximate surface area is 177 Å². The van der Waals surface area contributed by atoms with Gasteiger partial charge >= 0.3 is 12.2 Å². The lowest BCUT2D eigenvalue weighted by Gasteiger charge is -2.34. The number of carbonyl (C=O) groups excluding carboxylic acids is 2. The van der Waals surface area contributed by atoms with Gasteiger partial charge in [0.05, 0.1) is 13.2 Å². The summed E-state index contributed by atoms with van der Waals surface area (Å²) >= 11 is 0. The number of carbonyl (C=O) groups is 2. The third-order valence-corrected chi connectivity index (χ3v) is 4.39. The summed E-state index contributed by atoms with van der Waals surface area (Å²) in [7, 11) is 0. The zero-order valence-electron chi connectivity index (χ0n) is 19.7. The van der Waals surface area contributed by atoms with E-state index in [1.54, 1.807) is 9.80 Å². The molecule has 6 heteroatoms. The Kier molecular flexibility index (Phi) is 12.4. The largest absolute Gasteiger partial charge is 0.450 e. The van der Waals surface area contributed by atoms with Gasteiger partial charge in [-0.3, -0.25) is 0 Å². The van der Waals surface area contributed by atoms with E-state index in [0.717, 1.165) is 24.0 Å². The van der Waals surface area contributed by atoms with Gasteiger partial charge in [-0.05, 0) is 51.9 Å². The van der Waals surface area contributed by atoms with Crippen molar-refractivity contribution in [3.05, 3.63) is 24.3 Å². The van der Waals surface area contributed by atoms with Gasteiger partial charge in [0.15, 0.2) is 0 Å². The maximum Gasteiger partial charge on any atom is 0.410 e. The molecule has 0 radical (unpaired) electrons. The molecule has 0 aromatic heterocycles. The van der Waals surface area contributed by atoms with E-state index in [9.17, 15) is 9.59 Å². The van der Waals surface area contributed by atoms with Gasteiger partial charge in [-0.1, -0.05) is 45.1 Å². The Morgan fingerprint density at radius 2 is 1.38 bits per heavy atom. The standard InChI is InChI=1S/C23H42N2O4/c1-10-28-21(26)24(15-18(3)4)13-12-20(7)14-23(8,9)17-25(16-19(5)6)22(27)29-11-2/h20H,3,5,10-17H2,1-2,4,6-9H3. The van der Waals surface area contributed by atoms with Crippen LogP contribution in [-0.2, 0) is 9.47 Å². The van der Waals surface area contributed by atoms with Crippen molar-refractivity contribution in [1.29, 1.82) is 0 Å². The molecule has 1 unspecified atom stereocenters. The first-order valence-corrected chi connectivity index (χ1v) is 10.5. The van der Waals surface area contributed by atoms with E-state index in [0.29, 0.717) is 45.3 Å². The summed E-state index contributed by atoms with van der Waals surface area (Å²) in [5.41, 5.74) is 1.76. The molecule has 0 bridgehead atoms. The van der Waals surface area contributed by atoms with E-state index < -0.39 is 0 Å². The van der Waals surface area contributed by atoms with Crippen molar-refractivity contribution in [2.45, 2.75) is 61.3 Å². The lowest BCUT2D eigenvalue weighted by atomic mass is 9.81. The second-order valence-electron chi connectivity index (χ2n) is 8.85. The zero-order valence-corrected chi connectivity index (χ0v) is 19.7. The fourth-order valence-electron chi connectivity index (χ4n) is 3.50. The van der Waals surface area contributed by atoms with Crippen molar-refractivity contribution < 1.29 is 19.1 Å². The molecule has 6 nitrogen and oxygen atoms in total. The number of nitrogens with zero attached hydrogens (tertiary/aromatic N) is 2. The van der Waals surface area contributed by atoms with Crippen LogP contribution >= 0.6 is 0 Å². The molecule has 0 N–H and O–H groups in total. The fourth-order valence-corrected chi connectivity index (χ4v) is 3.50. The van der Waals surface area contributed by atoms with E-state index in [1.807, 2.05) is 27.7 Å². The van der Waals surface area contributed by atoms with Gasteiger partial charge in [0, 0.05) is 26.2 Å². The van der Waals surface area contributed by atoms with Gasteiger partial charge in [-0.15, -0.1) is 0 Å². The second kappa shape index (κ2) is 13.3. The van der Waals surface area contributed by atoms with E-state index in [-0.39, 0.29) is 17.6 Å². The second-order valence-corrected chi connectivity index (χ2v) is 8.85. The lowest BCUT2D eigenvalue weighted by Crippen LogP contribution is -2.41. The molecule has 0 aliphatic carbocycles. The number of hydrogen-bond donors (Lipinski definition) is 0. The van der Waals surface area contributed by atoms with Gasteiger partial charge in [0.2, 0.25) is 0 Å². The van der Waals surface area contributed by atoms with Crippen molar-refractivity contribution in [2.24, 2.45) is 11.3 Å². The molecule has 0 aromatic rings. The van der Waals surface area contributed by atoms with Crippen LogP contribution in [0.1, 0.15) is 61.3 Å². The van der Waals surface area contributed by atoms with Crippen molar-refractivity contribution >= 4 is 12.2 Å². The van der Waals surface area contributed by atoms with Gasteiger partial charge in [0.1, 0.15) is 0 Å². The van der Waals surface area contributed by atoms with Crippen LogP contribution in [0.2, 0.25) is 0 Å². The Morgan fingerprint density at radius 3 is 1.83 bits per heavy atom. The van der Waals surface area contributed by atoms with Crippen molar-refractivity contribution in [3.8, 4) is 0 Å². The predicted octanol–water partition coefficient (Wildman–Crippen LogP) is 5.50. The number of amides is 2. The number of ether oxygens (including phenoxy) is 2. The van der Waals surface area contributed by atoms with Gasteiger partial charge in [0.25, 0.3) is 0 Å². The number of hydrogen-bond acceptors (Lipinski definition) is 4. The van der Waals surface area contributed by atoms with Crippen LogP contribution in [0.4, 0.5) is 9.59 Å². The summed E-state index contributed by atoms with van der Waals surface area (Å²) in [6.07, 6.45) is 1.18. The van der Waals surface area contributed by atoms with Crippen LogP contribution in [0.3, 0.4) is 0 Å². The lowest BCUT2D eigenvalue weighted by molar-refractivity contribution is 0.0869. The highest BCUT2D eigenvalue weighted by molar-refractivity contribution is 5.68. The minimum atomic E-state index is -0.300. The average Bonchev–Trinajstić information content (AvgIpc) is 2.57. The van der Waals surface area contributed by atoms with Gasteiger partial charge < -0.3 is 19.3 Å². The molecule has 1 atom stereocenters. The monoisotopic (exact) mass is 410 g/mol. The molecule has 0 spiro atoms. The first kappa shape index (κ1) is 27.0. The van der Waals surface area contributed by atoms with Crippen LogP contribution in [0, 0.1) is 11.3 Å². The first-order chi connectivity index (χ1) is 13.4. The predicted molar refractivity (Wildman–Crippen MR) is 119 cm³/mol. The zero-order chi connectivity index (χ0) is 22.6. The minimum Gasteiger partial charge on any atom is -0.450 e. The fraction of sp³-hybridized carbons (Fsp3) is 0.739. The normalized spacial score (nSPS) is 12.1. The highest BCUT2D eigenvalue weighted by atomic mass is 16.6. The van der Waals surface area contributed by atoms with Crippen LogP contribution in [0.5, 0.6) is 0 Å². The maximum atomic E-state index is 12.3. The quantitative estimate of drug-likeness (QED) is 0.376. The van der Waals surface area contributed by atoms with Crippen molar-refractivity contribution in [3.63, 3.8) is 0 Å². The summed E-state index contributed by atoms with van der Waals surface area (Å²) < 4.78 is 10.4. The maximum absolute atomic E-state index is 12.3. The van der Waals surface area contributed by atoms with E-state index >= 15 is 0 Å². The molecule has 0 rings (SSSR count). The molecule has 0 saturated carbocycles.